The fraction of sp³-hybridized carbons (Fsp3) is 0.630. The number of hydrogen-bond acceptors (Lipinski definition) is 5. The van der Waals surface area contributed by atoms with Crippen LogP contribution >= 0.6 is 0 Å². The second kappa shape index (κ2) is 11.8. The molecule has 0 aliphatic carbocycles. The van der Waals surface area contributed by atoms with Crippen LogP contribution in [0.5, 0.6) is 0 Å². The van der Waals surface area contributed by atoms with Gasteiger partial charge < -0.3 is 26.4 Å². The fourth-order valence-corrected chi connectivity index (χ4v) is 4.48. The molecule has 0 bridgehead atoms. The number of likely N-dealkylation sites (N-methyl/N-ethyl adjacent to an activating group) is 1. The molecule has 3 atom stereocenters. The number of carbonyl (C=O) groups is 4. The van der Waals surface area contributed by atoms with Crippen molar-refractivity contribution in [3.05, 3.63) is 29.8 Å². The predicted molar refractivity (Wildman–Crippen MR) is 142 cm³/mol. The Morgan fingerprint density at radius 1 is 1.16 bits per heavy atom. The van der Waals surface area contributed by atoms with E-state index in [0.717, 1.165) is 10.5 Å². The van der Waals surface area contributed by atoms with E-state index in [-0.39, 0.29) is 30.2 Å². The summed E-state index contributed by atoms with van der Waals surface area (Å²) in [6.45, 7) is 12.0. The maximum atomic E-state index is 13.8. The summed E-state index contributed by atoms with van der Waals surface area (Å²) in [5, 5.41) is 15.3. The lowest BCUT2D eigenvalue weighted by molar-refractivity contribution is -0.144. The van der Waals surface area contributed by atoms with E-state index in [1.165, 1.54) is 11.9 Å². The number of anilines is 1. The van der Waals surface area contributed by atoms with Gasteiger partial charge in [-0.3, -0.25) is 19.3 Å². The second-order valence-corrected chi connectivity index (χ2v) is 12.1. The largest absolute Gasteiger partial charge is 0.465 e. The highest BCUT2D eigenvalue weighted by Gasteiger charge is 2.43. The van der Waals surface area contributed by atoms with Crippen molar-refractivity contribution in [2.24, 2.45) is 10.8 Å². The van der Waals surface area contributed by atoms with Crippen LogP contribution < -0.4 is 16.4 Å². The lowest BCUT2D eigenvalue weighted by atomic mass is 9.84. The van der Waals surface area contributed by atoms with E-state index in [1.54, 1.807) is 12.1 Å². The zero-order valence-corrected chi connectivity index (χ0v) is 23.1. The maximum absolute atomic E-state index is 13.8. The zero-order chi connectivity index (χ0) is 28.1. The molecule has 1 aliphatic heterocycles. The van der Waals surface area contributed by atoms with Gasteiger partial charge in [0.15, 0.2) is 0 Å². The van der Waals surface area contributed by atoms with E-state index < -0.39 is 35.5 Å². The van der Waals surface area contributed by atoms with Gasteiger partial charge in [0.2, 0.25) is 17.7 Å². The molecule has 0 aromatic heterocycles. The van der Waals surface area contributed by atoms with Crippen LogP contribution in [0.3, 0.4) is 0 Å². The van der Waals surface area contributed by atoms with Gasteiger partial charge in [-0.15, -0.1) is 0 Å². The van der Waals surface area contributed by atoms with Gasteiger partial charge in [0.1, 0.15) is 18.1 Å². The Bertz CT molecular complexity index is 998. The van der Waals surface area contributed by atoms with Crippen LogP contribution in [0.2, 0.25) is 0 Å². The van der Waals surface area contributed by atoms with Crippen molar-refractivity contribution in [2.75, 3.05) is 19.3 Å². The van der Waals surface area contributed by atoms with Crippen LogP contribution in [0, 0.1) is 10.8 Å². The summed E-state index contributed by atoms with van der Waals surface area (Å²) >= 11 is 0. The summed E-state index contributed by atoms with van der Waals surface area (Å²) in [6.07, 6.45) is 0.250. The van der Waals surface area contributed by atoms with Gasteiger partial charge in [-0.1, -0.05) is 53.7 Å². The van der Waals surface area contributed by atoms with Crippen molar-refractivity contribution < 1.29 is 24.3 Å². The fourth-order valence-electron chi connectivity index (χ4n) is 4.48. The molecule has 1 aliphatic rings. The Labute approximate surface area is 219 Å². The normalized spacial score (nSPS) is 17.6. The van der Waals surface area contributed by atoms with Gasteiger partial charge in [-0.05, 0) is 47.8 Å². The number of rotatable bonds is 8. The molecular weight excluding hydrogens is 474 g/mol. The van der Waals surface area contributed by atoms with E-state index in [4.69, 9.17) is 5.73 Å². The van der Waals surface area contributed by atoms with Crippen molar-refractivity contribution in [1.29, 1.82) is 0 Å². The minimum absolute atomic E-state index is 0.261. The molecule has 0 spiro atoms. The van der Waals surface area contributed by atoms with E-state index in [0.29, 0.717) is 25.1 Å². The number of nitrogens with zero attached hydrogens (tertiary/aromatic N) is 2. The Kier molecular flexibility index (Phi) is 9.57. The first-order valence-electron chi connectivity index (χ1n) is 12.7. The third kappa shape index (κ3) is 8.36. The first-order valence-corrected chi connectivity index (χ1v) is 12.7. The molecule has 1 heterocycles. The van der Waals surface area contributed by atoms with Gasteiger partial charge in [-0.25, -0.2) is 4.79 Å². The molecule has 1 fully saturated rings. The van der Waals surface area contributed by atoms with E-state index in [1.807, 2.05) is 53.7 Å². The topological polar surface area (TPSA) is 145 Å². The maximum Gasteiger partial charge on any atom is 0.407 e. The third-order valence-electron chi connectivity index (χ3n) is 6.53. The molecule has 37 heavy (non-hydrogen) atoms. The van der Waals surface area contributed by atoms with Crippen LogP contribution in [0.4, 0.5) is 10.5 Å². The van der Waals surface area contributed by atoms with E-state index in [9.17, 15) is 24.3 Å². The highest BCUT2D eigenvalue weighted by atomic mass is 16.4. The molecule has 1 aromatic rings. The number of carboxylic acid groups (broad SMARTS) is 1. The Balaban J connectivity index is 2.20. The van der Waals surface area contributed by atoms with Gasteiger partial charge in [0.05, 0.1) is 0 Å². The van der Waals surface area contributed by atoms with Crippen LogP contribution in [-0.2, 0) is 20.9 Å². The van der Waals surface area contributed by atoms with Gasteiger partial charge in [0, 0.05) is 25.8 Å². The SMILES string of the molecule is CN(C(=O)O)[C@@H](CC(C)(C)C)C(=O)N[C@H](C(=O)N1CCC[C@H]1C(=O)NCc1cccc(N)c1)C(C)(C)C. The number of nitrogens with two attached hydrogens (primary N) is 1. The van der Waals surface area contributed by atoms with Crippen LogP contribution in [0.25, 0.3) is 0 Å². The van der Waals surface area contributed by atoms with Gasteiger partial charge in [0.25, 0.3) is 0 Å². The van der Waals surface area contributed by atoms with Crippen molar-refractivity contribution in [2.45, 2.75) is 85.5 Å². The third-order valence-corrected chi connectivity index (χ3v) is 6.53. The summed E-state index contributed by atoms with van der Waals surface area (Å²) in [5.41, 5.74) is 6.28. The summed E-state index contributed by atoms with van der Waals surface area (Å²) in [4.78, 5) is 54.4. The number of nitrogen functional groups attached to an aromatic ring is 1. The van der Waals surface area contributed by atoms with Crippen LogP contribution in [-0.4, -0.2) is 70.4 Å². The zero-order valence-electron chi connectivity index (χ0n) is 23.1. The molecule has 10 heteroatoms. The van der Waals surface area contributed by atoms with Crippen LogP contribution in [0.15, 0.2) is 24.3 Å². The van der Waals surface area contributed by atoms with Gasteiger partial charge in [-0.2, -0.15) is 0 Å². The first-order chi connectivity index (χ1) is 17.0. The van der Waals surface area contributed by atoms with E-state index >= 15 is 0 Å². The molecule has 1 saturated heterocycles. The van der Waals surface area contributed by atoms with Gasteiger partial charge >= 0.3 is 6.09 Å². The smallest absolute Gasteiger partial charge is 0.407 e. The summed E-state index contributed by atoms with van der Waals surface area (Å²) in [5.74, 6) is -1.15. The lowest BCUT2D eigenvalue weighted by Gasteiger charge is -2.37. The number of benzene rings is 1. The first kappa shape index (κ1) is 29.9. The number of amides is 4. The minimum atomic E-state index is -1.22. The number of carbonyl (C=O) groups excluding carboxylic acids is 3. The van der Waals surface area contributed by atoms with Crippen molar-refractivity contribution in [3.8, 4) is 0 Å². The highest BCUT2D eigenvalue weighted by Crippen LogP contribution is 2.28. The molecule has 206 valence electrons. The molecule has 4 amide bonds. The predicted octanol–water partition coefficient (Wildman–Crippen LogP) is 2.82. The molecule has 0 radical (unpaired) electrons. The monoisotopic (exact) mass is 517 g/mol. The molecule has 0 unspecified atom stereocenters. The minimum Gasteiger partial charge on any atom is -0.465 e. The summed E-state index contributed by atoms with van der Waals surface area (Å²) in [6, 6.07) is 4.67. The van der Waals surface area contributed by atoms with Crippen molar-refractivity contribution in [3.63, 3.8) is 0 Å². The molecule has 10 nitrogen and oxygen atoms in total. The summed E-state index contributed by atoms with van der Waals surface area (Å²) in [7, 11) is 1.35. The second-order valence-electron chi connectivity index (χ2n) is 12.1. The quantitative estimate of drug-likeness (QED) is 0.390. The van der Waals surface area contributed by atoms with E-state index in [2.05, 4.69) is 10.6 Å². The Morgan fingerprint density at radius 3 is 2.35 bits per heavy atom. The standard InChI is InChI=1S/C27H43N5O5/c1-26(2,3)15-20(31(7)25(36)37)23(34)30-21(27(4,5)6)24(35)32-13-9-12-19(32)22(33)29-16-17-10-8-11-18(28)14-17/h8,10-11,14,19-21H,9,12-13,15-16,28H2,1-7H3,(H,29,33)(H,30,34)(H,36,37)/t19-,20-,21+/m0/s1. The van der Waals surface area contributed by atoms with Crippen molar-refractivity contribution in [1.82, 2.24) is 20.4 Å². The molecule has 2 rings (SSSR count). The summed E-state index contributed by atoms with van der Waals surface area (Å²) < 4.78 is 0. The molecule has 5 N–H and O–H groups in total. The molecule has 1 aromatic carbocycles. The molecular formula is C27H43N5O5. The number of likely N-dealkylation sites (tertiary alicyclic amines) is 1. The average molecular weight is 518 g/mol. The van der Waals surface area contributed by atoms with Crippen molar-refractivity contribution >= 4 is 29.5 Å². The number of nitrogens with one attached hydrogen (secondary N) is 2. The molecule has 0 saturated carbocycles. The highest BCUT2D eigenvalue weighted by molar-refractivity contribution is 5.94. The van der Waals surface area contributed by atoms with Crippen LogP contribution in [0.1, 0.15) is 66.4 Å². The lowest BCUT2D eigenvalue weighted by Crippen LogP contribution is -2.60. The average Bonchev–Trinajstić information content (AvgIpc) is 3.27. The Morgan fingerprint density at radius 2 is 1.81 bits per heavy atom. The Hall–Kier alpha value is -3.30. The number of hydrogen-bond donors (Lipinski definition) is 4.